The van der Waals surface area contributed by atoms with Gasteiger partial charge in [0.25, 0.3) is 0 Å². The zero-order valence-corrected chi connectivity index (χ0v) is 10.8. The van der Waals surface area contributed by atoms with Crippen LogP contribution >= 0.6 is 0 Å². The number of likely N-dealkylation sites (N-methyl/N-ethyl adjacent to an activating group) is 1. The van der Waals surface area contributed by atoms with Gasteiger partial charge in [-0.2, -0.15) is 0 Å². The van der Waals surface area contributed by atoms with Crippen LogP contribution in [0.25, 0.3) is 0 Å². The van der Waals surface area contributed by atoms with Crippen molar-refractivity contribution in [3.63, 3.8) is 0 Å². The van der Waals surface area contributed by atoms with Crippen molar-refractivity contribution < 1.29 is 18.7 Å². The first kappa shape index (κ1) is 13.9. The Morgan fingerprint density at radius 1 is 1.42 bits per heavy atom. The second-order valence-electron chi connectivity index (χ2n) is 5.31. The van der Waals surface area contributed by atoms with Crippen LogP contribution in [0.3, 0.4) is 0 Å². The summed E-state index contributed by atoms with van der Waals surface area (Å²) in [7, 11) is 1.82. The number of hydrogen-bond donors (Lipinski definition) is 1. The number of benzene rings is 1. The number of nitrogens with zero attached hydrogens (tertiary/aromatic N) is 1. The van der Waals surface area contributed by atoms with Gasteiger partial charge in [-0.3, -0.25) is 4.79 Å². The third-order valence-electron chi connectivity index (χ3n) is 3.66. The van der Waals surface area contributed by atoms with Crippen molar-refractivity contribution in [1.82, 2.24) is 4.90 Å². The Hall–Kier alpha value is -1.49. The first-order chi connectivity index (χ1) is 8.93. The maximum atomic E-state index is 13.4. The number of rotatable bonds is 6. The summed E-state index contributed by atoms with van der Waals surface area (Å²) in [5.74, 6) is -1.89. The Bertz CT molecular complexity index is 486. The highest BCUT2D eigenvalue weighted by Gasteiger charge is 2.50. The fraction of sp³-hybridized carbons (Fsp3) is 0.500. The summed E-state index contributed by atoms with van der Waals surface area (Å²) in [6.07, 6.45) is 1.85. The zero-order chi connectivity index (χ0) is 14.0. The number of carboxylic acid groups (broad SMARTS) is 1. The number of carboxylic acids is 1. The Morgan fingerprint density at radius 2 is 2.11 bits per heavy atom. The molecule has 1 aromatic carbocycles. The van der Waals surface area contributed by atoms with Gasteiger partial charge in [0.05, 0.1) is 5.41 Å². The topological polar surface area (TPSA) is 40.5 Å². The molecule has 5 heteroatoms. The molecule has 1 saturated carbocycles. The van der Waals surface area contributed by atoms with Crippen molar-refractivity contribution in [2.45, 2.75) is 19.3 Å². The van der Waals surface area contributed by atoms with Gasteiger partial charge in [0.2, 0.25) is 0 Å². The summed E-state index contributed by atoms with van der Waals surface area (Å²) in [6.45, 7) is 1.03. The summed E-state index contributed by atoms with van der Waals surface area (Å²) in [5.41, 5.74) is -0.149. The lowest BCUT2D eigenvalue weighted by Crippen LogP contribution is -2.33. The number of carbonyl (C=O) groups is 1. The molecule has 0 atom stereocenters. The van der Waals surface area contributed by atoms with E-state index in [1.54, 1.807) is 0 Å². The molecule has 0 spiro atoms. The van der Waals surface area contributed by atoms with Crippen LogP contribution in [0.5, 0.6) is 0 Å². The van der Waals surface area contributed by atoms with E-state index in [0.29, 0.717) is 37.9 Å². The molecule has 0 aromatic heterocycles. The van der Waals surface area contributed by atoms with Gasteiger partial charge in [-0.15, -0.1) is 0 Å². The molecule has 0 bridgehead atoms. The molecule has 0 heterocycles. The highest BCUT2D eigenvalue weighted by molar-refractivity contribution is 5.78. The summed E-state index contributed by atoms with van der Waals surface area (Å²) in [4.78, 5) is 12.9. The Balaban J connectivity index is 1.87. The van der Waals surface area contributed by atoms with Crippen LogP contribution in [-0.4, -0.2) is 36.1 Å². The van der Waals surface area contributed by atoms with E-state index in [4.69, 9.17) is 5.11 Å². The van der Waals surface area contributed by atoms with Crippen molar-refractivity contribution in [3.8, 4) is 0 Å². The van der Waals surface area contributed by atoms with Crippen LogP contribution in [0.4, 0.5) is 8.78 Å². The molecule has 0 amide bonds. The summed E-state index contributed by atoms with van der Waals surface area (Å²) < 4.78 is 26.2. The molecular weight excluding hydrogens is 252 g/mol. The predicted molar refractivity (Wildman–Crippen MR) is 66.9 cm³/mol. The first-order valence-electron chi connectivity index (χ1n) is 6.29. The molecule has 3 nitrogen and oxygen atoms in total. The quantitative estimate of drug-likeness (QED) is 0.861. The number of halogens is 2. The summed E-state index contributed by atoms with van der Waals surface area (Å²) in [5, 5.41) is 9.08. The lowest BCUT2D eigenvalue weighted by atomic mass is 10.1. The molecule has 19 heavy (non-hydrogen) atoms. The van der Waals surface area contributed by atoms with Crippen LogP contribution in [-0.2, 0) is 11.2 Å². The maximum Gasteiger partial charge on any atom is 0.310 e. The molecular formula is C14H17F2NO2. The van der Waals surface area contributed by atoms with Gasteiger partial charge < -0.3 is 10.0 Å². The van der Waals surface area contributed by atoms with Crippen LogP contribution in [0.1, 0.15) is 18.4 Å². The van der Waals surface area contributed by atoms with E-state index < -0.39 is 23.0 Å². The predicted octanol–water partition coefficient (Wildman–Crippen LogP) is 2.30. The van der Waals surface area contributed by atoms with Gasteiger partial charge in [0.1, 0.15) is 11.6 Å². The van der Waals surface area contributed by atoms with E-state index in [1.807, 2.05) is 11.9 Å². The van der Waals surface area contributed by atoms with Gasteiger partial charge >= 0.3 is 5.97 Å². The molecule has 0 unspecified atom stereocenters. The monoisotopic (exact) mass is 269 g/mol. The second kappa shape index (κ2) is 5.25. The summed E-state index contributed by atoms with van der Waals surface area (Å²) >= 11 is 0. The van der Waals surface area contributed by atoms with Crippen molar-refractivity contribution in [2.75, 3.05) is 20.1 Å². The molecule has 2 rings (SSSR count). The van der Waals surface area contributed by atoms with Gasteiger partial charge in [0, 0.05) is 19.2 Å². The van der Waals surface area contributed by atoms with Crippen molar-refractivity contribution >= 4 is 5.97 Å². The third-order valence-corrected chi connectivity index (χ3v) is 3.66. The third kappa shape index (κ3) is 3.29. The van der Waals surface area contributed by atoms with E-state index in [1.165, 1.54) is 12.1 Å². The number of aliphatic carboxylic acids is 1. The smallest absolute Gasteiger partial charge is 0.310 e. The fourth-order valence-corrected chi connectivity index (χ4v) is 2.22. The lowest BCUT2D eigenvalue weighted by Gasteiger charge is -2.20. The highest BCUT2D eigenvalue weighted by Crippen LogP contribution is 2.46. The van der Waals surface area contributed by atoms with Crippen LogP contribution in [0.15, 0.2) is 18.2 Å². The molecule has 104 valence electrons. The Labute approximate surface area is 110 Å². The molecule has 0 saturated heterocycles. The first-order valence-corrected chi connectivity index (χ1v) is 6.29. The normalized spacial score (nSPS) is 16.6. The van der Waals surface area contributed by atoms with Gasteiger partial charge in [0.15, 0.2) is 0 Å². The SMILES string of the molecule is CN(CCc1ccc(F)cc1F)CC1(C(=O)O)CC1. The molecule has 1 aliphatic carbocycles. The van der Waals surface area contributed by atoms with Crippen molar-refractivity contribution in [3.05, 3.63) is 35.4 Å². The minimum absolute atomic E-state index is 0.443. The minimum Gasteiger partial charge on any atom is -0.481 e. The Morgan fingerprint density at radius 3 is 2.63 bits per heavy atom. The zero-order valence-electron chi connectivity index (χ0n) is 10.8. The fourth-order valence-electron chi connectivity index (χ4n) is 2.22. The molecule has 0 aliphatic heterocycles. The maximum absolute atomic E-state index is 13.4. The molecule has 1 aromatic rings. The molecule has 0 radical (unpaired) electrons. The van der Waals surface area contributed by atoms with E-state index >= 15 is 0 Å². The second-order valence-corrected chi connectivity index (χ2v) is 5.31. The van der Waals surface area contributed by atoms with Crippen molar-refractivity contribution in [1.29, 1.82) is 0 Å². The molecule has 1 fully saturated rings. The summed E-state index contributed by atoms with van der Waals surface area (Å²) in [6, 6.07) is 3.54. The average molecular weight is 269 g/mol. The molecule has 1 N–H and O–H groups in total. The van der Waals surface area contributed by atoms with Gasteiger partial charge in [-0.1, -0.05) is 6.07 Å². The van der Waals surface area contributed by atoms with Crippen LogP contribution in [0.2, 0.25) is 0 Å². The van der Waals surface area contributed by atoms with E-state index in [0.717, 1.165) is 6.07 Å². The van der Waals surface area contributed by atoms with Crippen LogP contribution in [0, 0.1) is 17.0 Å². The van der Waals surface area contributed by atoms with Gasteiger partial charge in [-0.25, -0.2) is 8.78 Å². The minimum atomic E-state index is -0.757. The number of hydrogen-bond acceptors (Lipinski definition) is 2. The van der Waals surface area contributed by atoms with Gasteiger partial charge in [-0.05, 0) is 37.9 Å². The molecule has 1 aliphatic rings. The largest absolute Gasteiger partial charge is 0.481 e. The van der Waals surface area contributed by atoms with E-state index in [2.05, 4.69) is 0 Å². The average Bonchev–Trinajstić information content (AvgIpc) is 3.09. The Kier molecular flexibility index (Phi) is 3.85. The lowest BCUT2D eigenvalue weighted by molar-refractivity contribution is -0.144. The van der Waals surface area contributed by atoms with E-state index in [9.17, 15) is 13.6 Å². The standard InChI is InChI=1S/C14H17F2NO2/c1-17(9-14(5-6-14)13(18)19)7-4-10-2-3-11(15)8-12(10)16/h2-3,8H,4-7,9H2,1H3,(H,18,19). The van der Waals surface area contributed by atoms with Crippen LogP contribution < -0.4 is 0 Å². The highest BCUT2D eigenvalue weighted by atomic mass is 19.1. The van der Waals surface area contributed by atoms with E-state index in [-0.39, 0.29) is 0 Å². The van der Waals surface area contributed by atoms with Crippen molar-refractivity contribution in [2.24, 2.45) is 5.41 Å².